The Labute approximate surface area is 229 Å². The SMILES string of the molecule is [2H]C[C@H]1O[C@@H](n2cnc3c(NC(=O)c4ccccc4)ncnc32)[C@H](F)[C@@H]1OP(OCC[N+]#[C-])N(C(C)C)C(C)C. The van der Waals surface area contributed by atoms with Gasteiger partial charge in [-0.2, -0.15) is 0 Å². The van der Waals surface area contributed by atoms with Crippen LogP contribution in [0.3, 0.4) is 0 Å². The highest BCUT2D eigenvalue weighted by Gasteiger charge is 2.48. The maximum atomic E-state index is 16.1. The first-order chi connectivity index (χ1) is 19.3. The predicted molar refractivity (Wildman–Crippen MR) is 146 cm³/mol. The highest BCUT2D eigenvalue weighted by Crippen LogP contribution is 2.50. The van der Waals surface area contributed by atoms with Gasteiger partial charge in [-0.1, -0.05) is 18.2 Å². The molecular weight excluding hydrogens is 524 g/mol. The van der Waals surface area contributed by atoms with Crippen molar-refractivity contribution in [2.45, 2.75) is 71.3 Å². The van der Waals surface area contributed by atoms with Crippen LogP contribution in [0.4, 0.5) is 10.2 Å². The number of benzene rings is 1. The Bertz CT molecular complexity index is 1320. The molecule has 1 aliphatic rings. The van der Waals surface area contributed by atoms with Crippen LogP contribution < -0.4 is 5.32 Å². The molecule has 208 valence electrons. The van der Waals surface area contributed by atoms with E-state index in [1.807, 2.05) is 38.4 Å². The molecule has 2 aromatic heterocycles. The zero-order chi connectivity index (χ0) is 28.8. The molecule has 1 aliphatic heterocycles. The minimum Gasteiger partial charge on any atom is -0.349 e. The van der Waals surface area contributed by atoms with E-state index in [0.717, 1.165) is 0 Å². The number of carbonyl (C=O) groups excluding carboxylic acids is 1. The van der Waals surface area contributed by atoms with E-state index >= 15 is 4.39 Å². The second-order valence-corrected chi connectivity index (χ2v) is 10.9. The molecule has 0 spiro atoms. The number of ether oxygens (including phenoxy) is 1. The van der Waals surface area contributed by atoms with Gasteiger partial charge in [-0.25, -0.2) is 30.6 Å². The first kappa shape index (κ1) is 27.5. The minimum absolute atomic E-state index is 0.0310. The largest absolute Gasteiger partial charge is 0.349 e. The number of anilines is 1. The van der Waals surface area contributed by atoms with Crippen LogP contribution >= 0.6 is 8.53 Å². The van der Waals surface area contributed by atoms with Crippen LogP contribution in [0.5, 0.6) is 0 Å². The number of halogens is 1. The third-order valence-electron chi connectivity index (χ3n) is 6.03. The number of alkyl halides is 1. The average Bonchev–Trinajstić information content (AvgIpc) is 3.50. The molecule has 3 aromatic rings. The Kier molecular flexibility index (Phi) is 9.06. The summed E-state index contributed by atoms with van der Waals surface area (Å²) in [6, 6.07) is 8.72. The molecule has 0 aliphatic carbocycles. The molecule has 3 heterocycles. The standard InChI is InChI=1S/C26H33FN7O4P/c1-16(2)34(17(3)4)39(36-13-12-28-6)38-22-18(5)37-26(20(22)27)33-15-31-21-23(29-14-30-24(21)33)32-25(35)19-10-8-7-9-11-19/h7-11,14-18,20,22,26H,12-13H2,1-5H3,(H,29,30,32,35)/t18-,20-,22-,26-,39?/m1/s1/i5D. The Morgan fingerprint density at radius 3 is 2.69 bits per heavy atom. The minimum atomic E-state index is -1.74. The molecule has 11 nitrogen and oxygen atoms in total. The van der Waals surface area contributed by atoms with Gasteiger partial charge in [-0.15, -0.1) is 0 Å². The number of nitrogens with one attached hydrogen (secondary N) is 1. The van der Waals surface area contributed by atoms with Gasteiger partial charge in [0.1, 0.15) is 19.0 Å². The van der Waals surface area contributed by atoms with Crippen molar-refractivity contribution in [3.63, 3.8) is 0 Å². The van der Waals surface area contributed by atoms with Crippen LogP contribution in [0, 0.1) is 6.57 Å². The van der Waals surface area contributed by atoms with Crippen molar-refractivity contribution < 1.29 is 24.3 Å². The first-order valence-corrected chi connectivity index (χ1v) is 13.7. The Morgan fingerprint density at radius 2 is 2.03 bits per heavy atom. The lowest BCUT2D eigenvalue weighted by molar-refractivity contribution is -0.0132. The summed E-state index contributed by atoms with van der Waals surface area (Å²) in [6.45, 7) is 15.1. The number of rotatable bonds is 11. The monoisotopic (exact) mass is 558 g/mol. The van der Waals surface area contributed by atoms with Crippen LogP contribution in [0.15, 0.2) is 43.0 Å². The van der Waals surface area contributed by atoms with E-state index in [4.69, 9.17) is 21.7 Å². The molecule has 1 unspecified atom stereocenters. The number of imidazole rings is 1. The van der Waals surface area contributed by atoms with Crippen molar-refractivity contribution >= 4 is 31.4 Å². The number of nitrogens with zero attached hydrogens (tertiary/aromatic N) is 6. The number of amides is 1. The lowest BCUT2D eigenvalue weighted by Crippen LogP contribution is -2.37. The zero-order valence-corrected chi connectivity index (χ0v) is 23.2. The Hall–Kier alpha value is -3.07. The van der Waals surface area contributed by atoms with Gasteiger partial charge in [0.15, 0.2) is 29.4 Å². The molecule has 0 bridgehead atoms. The summed E-state index contributed by atoms with van der Waals surface area (Å²) >= 11 is 0. The fourth-order valence-corrected chi connectivity index (χ4v) is 6.09. The molecule has 1 saturated heterocycles. The topological polar surface area (TPSA) is 108 Å². The van der Waals surface area contributed by atoms with Gasteiger partial charge in [0, 0.05) is 19.0 Å². The zero-order valence-electron chi connectivity index (χ0n) is 23.3. The molecule has 0 radical (unpaired) electrons. The smallest absolute Gasteiger partial charge is 0.259 e. The number of hydrogen-bond acceptors (Lipinski definition) is 8. The van der Waals surface area contributed by atoms with E-state index in [0.29, 0.717) is 5.56 Å². The lowest BCUT2D eigenvalue weighted by Gasteiger charge is -2.37. The van der Waals surface area contributed by atoms with Crippen molar-refractivity contribution in [3.8, 4) is 0 Å². The van der Waals surface area contributed by atoms with Gasteiger partial charge in [0.05, 0.1) is 12.4 Å². The maximum absolute atomic E-state index is 16.1. The molecule has 1 fully saturated rings. The van der Waals surface area contributed by atoms with E-state index in [-0.39, 0.29) is 55.0 Å². The first-order valence-electron chi connectivity index (χ1n) is 13.3. The summed E-state index contributed by atoms with van der Waals surface area (Å²) in [4.78, 5) is 28.8. The maximum Gasteiger partial charge on any atom is 0.259 e. The second-order valence-electron chi connectivity index (χ2n) is 9.47. The van der Waals surface area contributed by atoms with Gasteiger partial charge in [0.25, 0.3) is 14.4 Å². The van der Waals surface area contributed by atoms with Crippen molar-refractivity contribution in [3.05, 3.63) is 60.0 Å². The van der Waals surface area contributed by atoms with E-state index < -0.39 is 33.1 Å². The number of carbonyl (C=O) groups is 1. The second kappa shape index (κ2) is 12.9. The average molecular weight is 559 g/mol. The molecule has 13 heteroatoms. The Morgan fingerprint density at radius 1 is 1.28 bits per heavy atom. The molecule has 1 amide bonds. The van der Waals surface area contributed by atoms with E-state index in [2.05, 4.69) is 25.1 Å². The molecule has 5 atom stereocenters. The lowest BCUT2D eigenvalue weighted by atomic mass is 10.2. The molecule has 1 N–H and O–H groups in total. The van der Waals surface area contributed by atoms with E-state index in [1.54, 1.807) is 24.3 Å². The van der Waals surface area contributed by atoms with Crippen LogP contribution in [-0.2, 0) is 13.8 Å². The number of hydrogen-bond donors (Lipinski definition) is 1. The van der Waals surface area contributed by atoms with Crippen molar-refractivity contribution in [2.75, 3.05) is 18.5 Å². The quantitative estimate of drug-likeness (QED) is 0.199. The van der Waals surface area contributed by atoms with Crippen molar-refractivity contribution in [2.24, 2.45) is 0 Å². The van der Waals surface area contributed by atoms with E-state index in [1.165, 1.54) is 17.2 Å². The number of aromatic nitrogens is 4. The molecule has 39 heavy (non-hydrogen) atoms. The summed E-state index contributed by atoms with van der Waals surface area (Å²) < 4.78 is 45.7. The highest BCUT2D eigenvalue weighted by atomic mass is 31.2. The van der Waals surface area contributed by atoms with Crippen LogP contribution in [-0.4, -0.2) is 73.7 Å². The molecule has 1 aromatic carbocycles. The van der Waals surface area contributed by atoms with Gasteiger partial charge < -0.3 is 23.9 Å². The summed E-state index contributed by atoms with van der Waals surface area (Å²) in [6.07, 6.45) is -2.20. The van der Waals surface area contributed by atoms with Crippen LogP contribution in [0.2, 0.25) is 0 Å². The van der Waals surface area contributed by atoms with Crippen molar-refractivity contribution in [1.29, 1.82) is 0 Å². The fraction of sp³-hybridized carbons (Fsp3) is 0.500. The fourth-order valence-electron chi connectivity index (χ4n) is 4.34. The van der Waals surface area contributed by atoms with Crippen LogP contribution in [0.1, 0.15) is 52.6 Å². The predicted octanol–water partition coefficient (Wildman–Crippen LogP) is 5.00. The van der Waals surface area contributed by atoms with Gasteiger partial charge in [0.2, 0.25) is 6.54 Å². The van der Waals surface area contributed by atoms with Crippen LogP contribution in [0.25, 0.3) is 16.0 Å². The highest BCUT2D eigenvalue weighted by molar-refractivity contribution is 7.44. The van der Waals surface area contributed by atoms with Gasteiger partial charge >= 0.3 is 0 Å². The third kappa shape index (κ3) is 6.40. The van der Waals surface area contributed by atoms with Crippen molar-refractivity contribution in [1.82, 2.24) is 24.2 Å². The van der Waals surface area contributed by atoms with E-state index in [9.17, 15) is 4.79 Å². The molecule has 4 rings (SSSR count). The summed E-state index contributed by atoms with van der Waals surface area (Å²) in [7, 11) is -1.74. The third-order valence-corrected chi connectivity index (χ3v) is 8.16. The summed E-state index contributed by atoms with van der Waals surface area (Å²) in [5.41, 5.74) is 0.976. The Balaban J connectivity index is 1.59. The summed E-state index contributed by atoms with van der Waals surface area (Å²) in [5.74, 6) is -0.193. The summed E-state index contributed by atoms with van der Waals surface area (Å²) in [5, 5.41) is 2.73. The van der Waals surface area contributed by atoms with Gasteiger partial charge in [-0.3, -0.25) is 9.36 Å². The molecule has 0 saturated carbocycles. The van der Waals surface area contributed by atoms with Gasteiger partial charge in [-0.05, 0) is 46.7 Å². The normalized spacial score (nSPS) is 22.4. The number of fused-ring (bicyclic) bond motifs is 1. The molecular formula is C26H33FN7O4P.